The lowest BCUT2D eigenvalue weighted by Gasteiger charge is -2.17. The summed E-state index contributed by atoms with van der Waals surface area (Å²) in [6.45, 7) is 1.45. The van der Waals surface area contributed by atoms with Crippen LogP contribution in [0.5, 0.6) is 5.75 Å². The number of rotatable bonds is 5. The highest BCUT2D eigenvalue weighted by Crippen LogP contribution is 2.18. The quantitative estimate of drug-likeness (QED) is 0.920. The molecule has 1 heterocycles. The molecule has 5 heteroatoms. The first kappa shape index (κ1) is 14.6. The zero-order chi connectivity index (χ0) is 14.5. The van der Waals surface area contributed by atoms with E-state index in [4.69, 9.17) is 22.1 Å². The van der Waals surface area contributed by atoms with Gasteiger partial charge in [0, 0.05) is 13.1 Å². The summed E-state index contributed by atoms with van der Waals surface area (Å²) in [4.78, 5) is 6.40. The van der Waals surface area contributed by atoms with E-state index in [1.54, 1.807) is 19.2 Å². The number of nitrogen functional groups attached to an aromatic ring is 1. The van der Waals surface area contributed by atoms with Gasteiger partial charge in [-0.2, -0.15) is 0 Å². The van der Waals surface area contributed by atoms with Gasteiger partial charge in [-0.15, -0.1) is 0 Å². The number of hydrogen-bond donors (Lipinski definition) is 1. The van der Waals surface area contributed by atoms with Gasteiger partial charge in [0.15, 0.2) is 0 Å². The van der Waals surface area contributed by atoms with Crippen LogP contribution in [0.4, 0.5) is 5.82 Å². The minimum atomic E-state index is 0.488. The Morgan fingerprint density at radius 3 is 2.50 bits per heavy atom. The lowest BCUT2D eigenvalue weighted by atomic mass is 10.2. The Morgan fingerprint density at radius 1 is 1.15 bits per heavy atom. The van der Waals surface area contributed by atoms with Crippen molar-refractivity contribution in [2.24, 2.45) is 0 Å². The molecule has 1 aromatic carbocycles. The SMILES string of the molecule is COc1ccc(CN(C)Cc2nc(N)ccc2Cl)cc1. The minimum absolute atomic E-state index is 0.488. The van der Waals surface area contributed by atoms with Crippen LogP contribution in [0.1, 0.15) is 11.3 Å². The molecule has 106 valence electrons. The van der Waals surface area contributed by atoms with E-state index in [0.29, 0.717) is 17.4 Å². The number of methoxy groups -OCH3 is 1. The van der Waals surface area contributed by atoms with Gasteiger partial charge in [-0.25, -0.2) is 4.98 Å². The average molecular weight is 292 g/mol. The third kappa shape index (κ3) is 3.85. The number of hydrogen-bond acceptors (Lipinski definition) is 4. The highest BCUT2D eigenvalue weighted by atomic mass is 35.5. The van der Waals surface area contributed by atoms with Crippen LogP contribution in [0.25, 0.3) is 0 Å². The normalized spacial score (nSPS) is 10.8. The van der Waals surface area contributed by atoms with Gasteiger partial charge in [-0.1, -0.05) is 23.7 Å². The molecule has 0 radical (unpaired) electrons. The number of benzene rings is 1. The van der Waals surface area contributed by atoms with Crippen LogP contribution in [0, 0.1) is 0 Å². The van der Waals surface area contributed by atoms with E-state index in [9.17, 15) is 0 Å². The van der Waals surface area contributed by atoms with E-state index < -0.39 is 0 Å². The number of nitrogens with two attached hydrogens (primary N) is 1. The molecule has 1 aromatic heterocycles. The molecule has 2 N–H and O–H groups in total. The number of aromatic nitrogens is 1. The Labute approximate surface area is 124 Å². The third-order valence-electron chi connectivity index (χ3n) is 2.97. The molecule has 2 aromatic rings. The van der Waals surface area contributed by atoms with Crippen molar-refractivity contribution in [3.8, 4) is 5.75 Å². The minimum Gasteiger partial charge on any atom is -0.497 e. The van der Waals surface area contributed by atoms with E-state index in [-0.39, 0.29) is 0 Å². The highest BCUT2D eigenvalue weighted by Gasteiger charge is 2.07. The summed E-state index contributed by atoms with van der Waals surface area (Å²) in [5, 5.41) is 0.640. The van der Waals surface area contributed by atoms with Crippen molar-refractivity contribution in [3.05, 3.63) is 52.7 Å². The predicted octanol–water partition coefficient (Wildman–Crippen LogP) is 2.96. The molecule has 0 saturated carbocycles. The summed E-state index contributed by atoms with van der Waals surface area (Å²) in [6, 6.07) is 11.5. The molecule has 0 unspecified atom stereocenters. The van der Waals surface area contributed by atoms with Crippen molar-refractivity contribution in [1.29, 1.82) is 0 Å². The molecule has 20 heavy (non-hydrogen) atoms. The summed E-state index contributed by atoms with van der Waals surface area (Å²) in [7, 11) is 3.68. The molecule has 0 atom stereocenters. The van der Waals surface area contributed by atoms with Gasteiger partial charge in [0.05, 0.1) is 17.8 Å². The van der Waals surface area contributed by atoms with Crippen LogP contribution < -0.4 is 10.5 Å². The van der Waals surface area contributed by atoms with Gasteiger partial charge in [-0.05, 0) is 36.9 Å². The fourth-order valence-electron chi connectivity index (χ4n) is 1.97. The van der Waals surface area contributed by atoms with E-state index in [1.807, 2.05) is 31.3 Å². The molecule has 0 fully saturated rings. The van der Waals surface area contributed by atoms with Gasteiger partial charge < -0.3 is 10.5 Å². The maximum absolute atomic E-state index is 6.12. The maximum atomic E-state index is 6.12. The first-order chi connectivity index (χ1) is 9.58. The number of ether oxygens (including phenoxy) is 1. The molecule has 0 aliphatic carbocycles. The summed E-state index contributed by atoms with van der Waals surface area (Å²) < 4.78 is 5.14. The third-order valence-corrected chi connectivity index (χ3v) is 3.32. The lowest BCUT2D eigenvalue weighted by molar-refractivity contribution is 0.315. The summed E-state index contributed by atoms with van der Waals surface area (Å²) in [5.74, 6) is 1.35. The fourth-order valence-corrected chi connectivity index (χ4v) is 2.13. The smallest absolute Gasteiger partial charge is 0.123 e. The van der Waals surface area contributed by atoms with Crippen LogP contribution in [-0.4, -0.2) is 24.0 Å². The van der Waals surface area contributed by atoms with Gasteiger partial charge >= 0.3 is 0 Å². The Bertz CT molecular complexity index is 572. The van der Waals surface area contributed by atoms with Crippen LogP contribution in [0.3, 0.4) is 0 Å². The maximum Gasteiger partial charge on any atom is 0.123 e. The van der Waals surface area contributed by atoms with E-state index in [0.717, 1.165) is 18.0 Å². The molecule has 4 nitrogen and oxygen atoms in total. The molecular weight excluding hydrogens is 274 g/mol. The predicted molar refractivity (Wildman–Crippen MR) is 81.8 cm³/mol. The van der Waals surface area contributed by atoms with Crippen molar-refractivity contribution in [1.82, 2.24) is 9.88 Å². The Kier molecular flexibility index (Phi) is 4.82. The number of halogens is 1. The van der Waals surface area contributed by atoms with E-state index >= 15 is 0 Å². The molecule has 0 saturated heterocycles. The van der Waals surface area contributed by atoms with Crippen LogP contribution in [0.15, 0.2) is 36.4 Å². The van der Waals surface area contributed by atoms with Gasteiger partial charge in [-0.3, -0.25) is 4.90 Å². The number of nitrogens with zero attached hydrogens (tertiary/aromatic N) is 2. The summed E-state index contributed by atoms with van der Waals surface area (Å²) in [5.41, 5.74) is 7.68. The molecule has 0 bridgehead atoms. The second-order valence-corrected chi connectivity index (χ2v) is 5.09. The number of pyridine rings is 1. The molecule has 0 aliphatic heterocycles. The second-order valence-electron chi connectivity index (χ2n) is 4.68. The molecule has 0 spiro atoms. The lowest BCUT2D eigenvalue weighted by Crippen LogP contribution is -2.18. The zero-order valence-electron chi connectivity index (χ0n) is 11.6. The van der Waals surface area contributed by atoms with Crippen molar-refractivity contribution >= 4 is 17.4 Å². The summed E-state index contributed by atoms with van der Waals surface area (Å²) >= 11 is 6.12. The topological polar surface area (TPSA) is 51.4 Å². The second kappa shape index (κ2) is 6.59. The Hall–Kier alpha value is -1.78. The van der Waals surface area contributed by atoms with Crippen molar-refractivity contribution in [2.75, 3.05) is 19.9 Å². The molecular formula is C15H18ClN3O. The zero-order valence-corrected chi connectivity index (χ0v) is 12.4. The molecule has 0 amide bonds. The average Bonchev–Trinajstić information content (AvgIpc) is 2.43. The summed E-state index contributed by atoms with van der Waals surface area (Å²) in [6.07, 6.45) is 0. The van der Waals surface area contributed by atoms with E-state index in [1.165, 1.54) is 5.56 Å². The standard InChI is InChI=1S/C15H18ClN3O/c1-19(9-11-3-5-12(20-2)6-4-11)10-14-13(16)7-8-15(17)18-14/h3-8H,9-10H2,1-2H3,(H2,17,18). The first-order valence-corrected chi connectivity index (χ1v) is 6.68. The largest absolute Gasteiger partial charge is 0.497 e. The monoisotopic (exact) mass is 291 g/mol. The van der Waals surface area contributed by atoms with Crippen LogP contribution in [0.2, 0.25) is 5.02 Å². The van der Waals surface area contributed by atoms with Crippen molar-refractivity contribution in [2.45, 2.75) is 13.1 Å². The van der Waals surface area contributed by atoms with Crippen LogP contribution in [-0.2, 0) is 13.1 Å². The van der Waals surface area contributed by atoms with Crippen molar-refractivity contribution in [3.63, 3.8) is 0 Å². The molecule has 2 rings (SSSR count). The fraction of sp³-hybridized carbons (Fsp3) is 0.267. The van der Waals surface area contributed by atoms with E-state index in [2.05, 4.69) is 9.88 Å². The van der Waals surface area contributed by atoms with Crippen molar-refractivity contribution < 1.29 is 4.74 Å². The Balaban J connectivity index is 2.00. The van der Waals surface area contributed by atoms with Gasteiger partial charge in [0.25, 0.3) is 0 Å². The number of anilines is 1. The van der Waals surface area contributed by atoms with Gasteiger partial charge in [0.2, 0.25) is 0 Å². The highest BCUT2D eigenvalue weighted by molar-refractivity contribution is 6.31. The van der Waals surface area contributed by atoms with Gasteiger partial charge in [0.1, 0.15) is 11.6 Å². The molecule has 0 aliphatic rings. The van der Waals surface area contributed by atoms with Crippen LogP contribution >= 0.6 is 11.6 Å². The Morgan fingerprint density at radius 2 is 1.85 bits per heavy atom. The first-order valence-electron chi connectivity index (χ1n) is 6.31.